The molecule has 11 heteroatoms. The van der Waals surface area contributed by atoms with Gasteiger partial charge in [0.1, 0.15) is 0 Å². The van der Waals surface area contributed by atoms with Crippen LogP contribution in [0.1, 0.15) is 41.4 Å². The lowest BCUT2D eigenvalue weighted by atomic mass is 10.2. The highest BCUT2D eigenvalue weighted by Crippen LogP contribution is 2.07. The SMILES string of the molecule is NNC(=O)c1ccc(I)cc1.O=C(Cl)c1ccccc1.O=C(NNC(=O)c1ccc(I)cc1)c1ccccc1. The summed E-state index contributed by atoms with van der Waals surface area (Å²) in [5.41, 5.74) is 8.91. The van der Waals surface area contributed by atoms with Crippen LogP contribution in [0.15, 0.2) is 109 Å². The van der Waals surface area contributed by atoms with Gasteiger partial charge in [-0.1, -0.05) is 48.5 Å². The van der Waals surface area contributed by atoms with Crippen molar-refractivity contribution in [2.75, 3.05) is 0 Å². The number of carbonyl (C=O) groups is 4. The lowest BCUT2D eigenvalue weighted by molar-refractivity contribution is 0.0846. The van der Waals surface area contributed by atoms with Gasteiger partial charge >= 0.3 is 0 Å². The average molecular weight is 769 g/mol. The molecule has 0 spiro atoms. The molecule has 3 amide bonds. The molecule has 0 fully saturated rings. The second-order valence-electron chi connectivity index (χ2n) is 7.40. The molecule has 8 nitrogen and oxygen atoms in total. The third-order valence-electron chi connectivity index (χ3n) is 4.67. The van der Waals surface area contributed by atoms with Gasteiger partial charge in [-0.3, -0.25) is 35.5 Å². The van der Waals surface area contributed by atoms with Crippen molar-refractivity contribution in [3.8, 4) is 0 Å². The van der Waals surface area contributed by atoms with E-state index in [9.17, 15) is 19.2 Å². The molecule has 0 aromatic heterocycles. The number of hydrazine groups is 2. The highest BCUT2D eigenvalue weighted by Gasteiger charge is 2.08. The van der Waals surface area contributed by atoms with E-state index in [4.69, 9.17) is 17.4 Å². The van der Waals surface area contributed by atoms with Crippen molar-refractivity contribution in [1.82, 2.24) is 16.3 Å². The number of nitrogen functional groups attached to an aromatic ring is 1. The fourth-order valence-corrected chi connectivity index (χ4v) is 3.55. The summed E-state index contributed by atoms with van der Waals surface area (Å²) in [6.45, 7) is 0. The Morgan fingerprint density at radius 3 is 1.18 bits per heavy atom. The molecule has 0 heterocycles. The summed E-state index contributed by atoms with van der Waals surface area (Å²) in [4.78, 5) is 44.8. The molecule has 0 aliphatic heterocycles. The number of hydrogen-bond donors (Lipinski definition) is 4. The minimum absolute atomic E-state index is 0.263. The van der Waals surface area contributed by atoms with Gasteiger partial charge in [0.2, 0.25) is 0 Å². The lowest BCUT2D eigenvalue weighted by Gasteiger charge is -2.07. The topological polar surface area (TPSA) is 130 Å². The van der Waals surface area contributed by atoms with E-state index in [1.165, 1.54) is 0 Å². The molecule has 200 valence electrons. The third kappa shape index (κ3) is 11.9. The molecule has 0 saturated heterocycles. The van der Waals surface area contributed by atoms with E-state index >= 15 is 0 Å². The Morgan fingerprint density at radius 2 is 0.846 bits per heavy atom. The molecular formula is C28H23ClI2N4O4. The van der Waals surface area contributed by atoms with Gasteiger partial charge in [-0.05, 0) is 117 Å². The lowest BCUT2D eigenvalue weighted by Crippen LogP contribution is -2.41. The summed E-state index contributed by atoms with van der Waals surface area (Å²) in [6, 6.07) is 31.6. The van der Waals surface area contributed by atoms with E-state index in [-0.39, 0.29) is 17.7 Å². The van der Waals surface area contributed by atoms with Crippen LogP contribution >= 0.6 is 56.8 Å². The number of carbonyl (C=O) groups excluding carboxylic acids is 4. The van der Waals surface area contributed by atoms with Crippen LogP contribution < -0.4 is 22.1 Å². The van der Waals surface area contributed by atoms with Crippen LogP contribution in [0.4, 0.5) is 0 Å². The summed E-state index contributed by atoms with van der Waals surface area (Å²) in [5, 5.41) is -0.407. The van der Waals surface area contributed by atoms with Crippen LogP contribution in [0.5, 0.6) is 0 Å². The molecule has 5 N–H and O–H groups in total. The summed E-state index contributed by atoms with van der Waals surface area (Å²) in [5.74, 6) is 3.98. The molecule has 4 aromatic rings. The molecule has 0 unspecified atom stereocenters. The predicted molar refractivity (Wildman–Crippen MR) is 168 cm³/mol. The normalized spacial score (nSPS) is 9.44. The molecular weight excluding hydrogens is 746 g/mol. The van der Waals surface area contributed by atoms with Crippen LogP contribution in [-0.2, 0) is 0 Å². The van der Waals surface area contributed by atoms with E-state index in [0.717, 1.165) is 7.14 Å². The molecule has 0 bridgehead atoms. The van der Waals surface area contributed by atoms with Crippen molar-refractivity contribution in [3.05, 3.63) is 139 Å². The van der Waals surface area contributed by atoms with Crippen molar-refractivity contribution < 1.29 is 19.2 Å². The van der Waals surface area contributed by atoms with Crippen LogP contribution in [0.2, 0.25) is 0 Å². The van der Waals surface area contributed by atoms with Gasteiger partial charge < -0.3 is 0 Å². The van der Waals surface area contributed by atoms with Gasteiger partial charge in [0.25, 0.3) is 23.0 Å². The second kappa shape index (κ2) is 17.3. The highest BCUT2D eigenvalue weighted by molar-refractivity contribution is 14.1. The van der Waals surface area contributed by atoms with E-state index in [1.807, 2.05) is 36.4 Å². The van der Waals surface area contributed by atoms with Gasteiger partial charge in [-0.2, -0.15) is 0 Å². The first-order valence-electron chi connectivity index (χ1n) is 11.1. The van der Waals surface area contributed by atoms with E-state index in [0.29, 0.717) is 22.3 Å². The quantitative estimate of drug-likeness (QED) is 0.0735. The standard InChI is InChI=1S/C14H11IN2O2.C7H5ClO.C7H7IN2O/c15-12-8-6-11(7-9-12)14(19)17-16-13(18)10-4-2-1-3-5-10;8-7(9)6-4-2-1-3-5-6;8-6-3-1-5(2-4-6)7(11)10-9/h1-9H,(H,16,18)(H,17,19);1-5H;1-4H,9H2,(H,10,11). The van der Waals surface area contributed by atoms with Crippen LogP contribution in [0, 0.1) is 7.14 Å². The summed E-state index contributed by atoms with van der Waals surface area (Å²) in [7, 11) is 0. The van der Waals surface area contributed by atoms with Crippen LogP contribution in [0.25, 0.3) is 0 Å². The first-order valence-corrected chi connectivity index (χ1v) is 13.7. The third-order valence-corrected chi connectivity index (χ3v) is 6.33. The van der Waals surface area contributed by atoms with Crippen LogP contribution in [0.3, 0.4) is 0 Å². The zero-order valence-corrected chi connectivity index (χ0v) is 25.3. The average Bonchev–Trinajstić information content (AvgIpc) is 2.97. The Kier molecular flexibility index (Phi) is 14.1. The Balaban J connectivity index is 0.000000226. The molecule has 4 rings (SSSR count). The number of rotatable bonds is 4. The zero-order chi connectivity index (χ0) is 28.6. The Morgan fingerprint density at radius 1 is 0.513 bits per heavy atom. The first-order chi connectivity index (χ1) is 18.7. The number of hydrogen-bond acceptors (Lipinski definition) is 5. The maximum Gasteiger partial charge on any atom is 0.269 e. The molecule has 0 aliphatic rings. The monoisotopic (exact) mass is 768 g/mol. The minimum Gasteiger partial charge on any atom is -0.290 e. The smallest absolute Gasteiger partial charge is 0.269 e. The van der Waals surface area contributed by atoms with E-state index in [1.54, 1.807) is 72.8 Å². The molecule has 0 radical (unpaired) electrons. The Labute approximate surface area is 257 Å². The fourth-order valence-electron chi connectivity index (χ4n) is 2.70. The first kappa shape index (κ1) is 31.9. The minimum atomic E-state index is -0.407. The number of amides is 3. The highest BCUT2D eigenvalue weighted by atomic mass is 127. The summed E-state index contributed by atoms with van der Waals surface area (Å²) < 4.78 is 2.14. The zero-order valence-electron chi connectivity index (χ0n) is 20.2. The summed E-state index contributed by atoms with van der Waals surface area (Å²) >= 11 is 9.49. The number of nitrogens with two attached hydrogens (primary N) is 1. The molecule has 4 aromatic carbocycles. The largest absolute Gasteiger partial charge is 0.290 e. The second-order valence-corrected chi connectivity index (χ2v) is 10.2. The molecule has 0 saturated carbocycles. The number of halogens is 3. The van der Waals surface area contributed by atoms with Gasteiger partial charge in [0.15, 0.2) is 0 Å². The van der Waals surface area contributed by atoms with Gasteiger partial charge in [-0.15, -0.1) is 0 Å². The van der Waals surface area contributed by atoms with E-state index in [2.05, 4.69) is 61.5 Å². The predicted octanol–water partition coefficient (Wildman–Crippen LogP) is 5.33. The van der Waals surface area contributed by atoms with Gasteiger partial charge in [0, 0.05) is 29.4 Å². The van der Waals surface area contributed by atoms with Crippen molar-refractivity contribution >= 4 is 79.7 Å². The van der Waals surface area contributed by atoms with Crippen molar-refractivity contribution in [1.29, 1.82) is 0 Å². The molecule has 0 atom stereocenters. The van der Waals surface area contributed by atoms with Crippen molar-refractivity contribution in [3.63, 3.8) is 0 Å². The fraction of sp³-hybridized carbons (Fsp3) is 0. The van der Waals surface area contributed by atoms with Gasteiger partial charge in [0.05, 0.1) is 0 Å². The maximum atomic E-state index is 11.8. The maximum absolute atomic E-state index is 11.8. The summed E-state index contributed by atoms with van der Waals surface area (Å²) in [6.07, 6.45) is 0. The molecule has 0 aliphatic carbocycles. The van der Waals surface area contributed by atoms with Crippen LogP contribution in [-0.4, -0.2) is 23.0 Å². The Bertz CT molecular complexity index is 1370. The van der Waals surface area contributed by atoms with E-state index < -0.39 is 5.24 Å². The number of benzene rings is 4. The number of nitrogens with one attached hydrogen (secondary N) is 3. The molecule has 39 heavy (non-hydrogen) atoms. The van der Waals surface area contributed by atoms with Crippen molar-refractivity contribution in [2.24, 2.45) is 5.84 Å². The van der Waals surface area contributed by atoms with Crippen molar-refractivity contribution in [2.45, 2.75) is 0 Å². The Hall–Kier alpha value is -3.33. The van der Waals surface area contributed by atoms with Gasteiger partial charge in [-0.25, -0.2) is 5.84 Å².